The van der Waals surface area contributed by atoms with Gasteiger partial charge in [-0.2, -0.15) is 0 Å². The zero-order chi connectivity index (χ0) is 11.3. The molecule has 1 rings (SSSR count). The monoisotopic (exact) mass is 211 g/mol. The van der Waals surface area contributed by atoms with Crippen molar-refractivity contribution in [3.8, 4) is 11.5 Å². The van der Waals surface area contributed by atoms with Crippen LogP contribution >= 0.6 is 11.9 Å². The first kappa shape index (κ1) is 9.46. The van der Waals surface area contributed by atoms with Crippen LogP contribution < -0.4 is 8.92 Å². The maximum Gasteiger partial charge on any atom is 0.227 e. The van der Waals surface area contributed by atoms with Crippen LogP contribution in [0.25, 0.3) is 0 Å². The Morgan fingerprint density at radius 3 is 2.93 bits per heavy atom. The van der Waals surface area contributed by atoms with Crippen LogP contribution in [0.3, 0.4) is 0 Å². The third-order valence-electron chi connectivity index (χ3n) is 1.71. The van der Waals surface area contributed by atoms with E-state index in [2.05, 4.69) is 0 Å². The molecular formula is C9H10BO3S. The van der Waals surface area contributed by atoms with Gasteiger partial charge < -0.3 is 8.92 Å². The molecule has 3 nitrogen and oxygen atoms in total. The first-order chi connectivity index (χ1) is 7.19. The second-order valence-electron chi connectivity index (χ2n) is 2.60. The van der Waals surface area contributed by atoms with Gasteiger partial charge in [0.15, 0.2) is 17.3 Å². The molecule has 0 bridgehead atoms. The molecule has 0 aromatic heterocycles. The highest BCUT2D eigenvalue weighted by molar-refractivity contribution is 8.16. The summed E-state index contributed by atoms with van der Waals surface area (Å²) in [5, 5.41) is 0. The van der Waals surface area contributed by atoms with Gasteiger partial charge in [-0.3, -0.25) is 4.79 Å². The minimum atomic E-state index is -0.0282. The third kappa shape index (κ3) is 2.45. The van der Waals surface area contributed by atoms with Gasteiger partial charge in [0.1, 0.15) is 0 Å². The average molecular weight is 211 g/mol. The molecule has 0 fully saturated rings. The smallest absolute Gasteiger partial charge is 0.227 e. The van der Waals surface area contributed by atoms with Gasteiger partial charge in [0.05, 0.1) is 7.11 Å². The van der Waals surface area contributed by atoms with Crippen LogP contribution in [0.15, 0.2) is 18.2 Å². The number of methoxy groups -OCH3 is 1. The van der Waals surface area contributed by atoms with E-state index in [1.54, 1.807) is 18.2 Å². The van der Waals surface area contributed by atoms with Crippen LogP contribution in [0.2, 0.25) is 0 Å². The maximum atomic E-state index is 11.1. The van der Waals surface area contributed by atoms with Crippen molar-refractivity contribution in [2.24, 2.45) is 0 Å². The SMILES string of the molecule is [3H][B]SOc1ccc(C(C)=O)cc1OC. The molecule has 14 heavy (non-hydrogen) atoms. The van der Waals surface area contributed by atoms with Crippen molar-refractivity contribution < 1.29 is 13.7 Å². The second-order valence-corrected chi connectivity index (χ2v) is 2.96. The molecule has 1 aromatic rings. The highest BCUT2D eigenvalue weighted by Crippen LogP contribution is 2.29. The molecule has 1 radical (unpaired) electrons. The normalized spacial score (nSPS) is 10.3. The molecule has 0 unspecified atom stereocenters. The number of hydrogen-bond donors (Lipinski definition) is 0. The fourth-order valence-electron chi connectivity index (χ4n) is 1.01. The van der Waals surface area contributed by atoms with Crippen LogP contribution in [0, 0.1) is 0 Å². The van der Waals surface area contributed by atoms with Crippen molar-refractivity contribution in [3.05, 3.63) is 23.8 Å². The van der Waals surface area contributed by atoms with E-state index in [-0.39, 0.29) is 5.78 Å². The summed E-state index contributed by atoms with van der Waals surface area (Å²) < 4.78 is 17.0. The standard InChI is InChI=1S/C9H10BO3S/c1-6(11)7-3-4-8(13-14-10)9(5-7)12-2/h3-5,10H,1-2H3/i10T. The lowest BCUT2D eigenvalue weighted by molar-refractivity contribution is 0.101. The van der Waals surface area contributed by atoms with E-state index in [0.29, 0.717) is 17.1 Å². The summed E-state index contributed by atoms with van der Waals surface area (Å²) in [5.74, 6) is 0.951. The van der Waals surface area contributed by atoms with Crippen LogP contribution in [0.5, 0.6) is 11.5 Å². The van der Waals surface area contributed by atoms with Gasteiger partial charge in [-0.1, -0.05) is 0 Å². The van der Waals surface area contributed by atoms with Gasteiger partial charge in [0.25, 0.3) is 0 Å². The Kier molecular flexibility index (Phi) is 3.35. The Balaban J connectivity index is 2.93. The highest BCUT2D eigenvalue weighted by atomic mass is 32.2. The predicted molar refractivity (Wildman–Crippen MR) is 58.4 cm³/mol. The Hall–Kier alpha value is -1.10. The molecule has 0 aliphatic heterocycles. The van der Waals surface area contributed by atoms with Gasteiger partial charge >= 0.3 is 0 Å². The number of carbonyl (C=O) groups excluding carboxylic acids is 1. The number of ether oxygens (including phenoxy) is 1. The van der Waals surface area contributed by atoms with E-state index in [0.717, 1.165) is 19.0 Å². The fourth-order valence-corrected chi connectivity index (χ4v) is 1.25. The predicted octanol–water partition coefficient (Wildman–Crippen LogP) is 1.74. The van der Waals surface area contributed by atoms with Gasteiger partial charge in [-0.05, 0) is 38.4 Å². The number of benzene rings is 1. The zero-order valence-corrected chi connectivity index (χ0v) is 8.76. The minimum Gasteiger partial charge on any atom is -0.493 e. The topological polar surface area (TPSA) is 35.5 Å². The van der Waals surface area contributed by atoms with E-state index >= 15 is 0 Å². The van der Waals surface area contributed by atoms with E-state index < -0.39 is 0 Å². The van der Waals surface area contributed by atoms with Crippen molar-refractivity contribution >= 4 is 24.8 Å². The van der Waals surface area contributed by atoms with Crippen LogP contribution in [0.1, 0.15) is 17.3 Å². The second kappa shape index (κ2) is 4.95. The molecule has 0 spiro atoms. The molecule has 0 saturated heterocycles. The lowest BCUT2D eigenvalue weighted by Crippen LogP contribution is -1.95. The lowest BCUT2D eigenvalue weighted by atomic mass is 10.1. The van der Waals surface area contributed by atoms with E-state index in [1.165, 1.54) is 14.0 Å². The Labute approximate surface area is 89.7 Å². The molecule has 0 atom stereocenters. The molecule has 0 N–H and O–H groups in total. The highest BCUT2D eigenvalue weighted by Gasteiger charge is 2.07. The van der Waals surface area contributed by atoms with Crippen molar-refractivity contribution in [3.63, 3.8) is 0 Å². The summed E-state index contributed by atoms with van der Waals surface area (Å²) in [5.41, 5.74) is 0.569. The van der Waals surface area contributed by atoms with E-state index in [1.807, 2.05) is 0 Å². The van der Waals surface area contributed by atoms with Gasteiger partial charge in [0, 0.05) is 5.56 Å². The molecule has 5 heteroatoms. The average Bonchev–Trinajstić information content (AvgIpc) is 2.25. The van der Waals surface area contributed by atoms with Gasteiger partial charge in [-0.25, -0.2) is 0 Å². The Bertz CT molecular complexity index is 359. The van der Waals surface area contributed by atoms with Gasteiger partial charge in [-0.15, -0.1) is 0 Å². The minimum absolute atomic E-state index is 0.0282. The summed E-state index contributed by atoms with van der Waals surface area (Å²) in [7, 11) is 2.57. The zero-order valence-electron chi connectivity index (χ0n) is 8.94. The number of carbonyl (C=O) groups is 1. The van der Waals surface area contributed by atoms with Crippen molar-refractivity contribution in [2.75, 3.05) is 7.11 Å². The number of ketones is 1. The third-order valence-corrected chi connectivity index (χ3v) is 1.98. The molecule has 0 saturated carbocycles. The summed E-state index contributed by atoms with van der Waals surface area (Å²) in [6, 6.07) is 4.92. The maximum absolute atomic E-state index is 11.1. The van der Waals surface area contributed by atoms with Crippen LogP contribution in [-0.4, -0.2) is 21.3 Å². The number of hydrogen-bond acceptors (Lipinski definition) is 4. The Morgan fingerprint density at radius 2 is 2.36 bits per heavy atom. The molecule has 73 valence electrons. The van der Waals surface area contributed by atoms with Crippen molar-refractivity contribution in [1.82, 2.24) is 0 Å². The van der Waals surface area contributed by atoms with Crippen LogP contribution in [0.4, 0.5) is 0 Å². The molecule has 0 aliphatic carbocycles. The number of rotatable bonds is 5. The van der Waals surface area contributed by atoms with Crippen molar-refractivity contribution in [1.29, 1.82) is 1.34 Å². The quantitative estimate of drug-likeness (QED) is 0.422. The summed E-state index contributed by atoms with van der Waals surface area (Å²) in [6.07, 6.45) is 0. The fraction of sp³-hybridized carbons (Fsp3) is 0.222. The molecule has 1 aromatic carbocycles. The number of Topliss-reactive ketones (excluding diaryl/α,β-unsaturated/α-hetero) is 1. The summed E-state index contributed by atoms with van der Waals surface area (Å²) >= 11 is 0.882. The van der Waals surface area contributed by atoms with Gasteiger partial charge in [0.2, 0.25) is 7.09 Å². The molecule has 0 amide bonds. The first-order valence-corrected chi connectivity index (χ1v) is 4.72. The summed E-state index contributed by atoms with van der Waals surface area (Å²) in [6.45, 7) is 1.49. The summed E-state index contributed by atoms with van der Waals surface area (Å²) in [4.78, 5) is 11.1. The molecule has 0 aliphatic rings. The largest absolute Gasteiger partial charge is 0.493 e. The first-order valence-electron chi connectivity index (χ1n) is 4.49. The van der Waals surface area contributed by atoms with Crippen molar-refractivity contribution in [2.45, 2.75) is 6.92 Å². The molecular weight excluding hydrogens is 199 g/mol. The van der Waals surface area contributed by atoms with Crippen LogP contribution in [-0.2, 0) is 0 Å². The van der Waals surface area contributed by atoms with E-state index in [4.69, 9.17) is 10.3 Å². The molecule has 0 heterocycles. The van der Waals surface area contributed by atoms with E-state index in [9.17, 15) is 4.79 Å². The lowest BCUT2D eigenvalue weighted by Gasteiger charge is -2.08. The Morgan fingerprint density at radius 1 is 1.57 bits per heavy atom.